The Hall–Kier alpha value is -1.78. The summed E-state index contributed by atoms with van der Waals surface area (Å²) in [6.45, 7) is 11.2. The SMILES string of the molecule is CC(C)(C)[Si](C)(C)OCCN1Cc2c(C(=O)Nc3ccc(F)c(Cl)c3)cccc2S1(=O)=O. The average molecular weight is 499 g/mol. The van der Waals surface area contributed by atoms with Gasteiger partial charge in [-0.1, -0.05) is 38.4 Å². The molecular weight excluding hydrogens is 471 g/mol. The second kappa shape index (κ2) is 8.87. The molecule has 0 spiro atoms. The van der Waals surface area contributed by atoms with Crippen LogP contribution in [0.15, 0.2) is 41.3 Å². The summed E-state index contributed by atoms with van der Waals surface area (Å²) in [5, 5.41) is 2.56. The highest BCUT2D eigenvalue weighted by molar-refractivity contribution is 7.89. The second-order valence-electron chi connectivity index (χ2n) is 9.31. The maximum Gasteiger partial charge on any atom is 0.256 e. The zero-order valence-corrected chi connectivity index (χ0v) is 21.4. The molecule has 0 fully saturated rings. The van der Waals surface area contributed by atoms with Gasteiger partial charge in [-0.3, -0.25) is 4.79 Å². The van der Waals surface area contributed by atoms with Crippen LogP contribution in [0.1, 0.15) is 36.7 Å². The molecule has 2 aromatic carbocycles. The van der Waals surface area contributed by atoms with E-state index in [1.807, 2.05) is 0 Å². The van der Waals surface area contributed by atoms with Crippen LogP contribution in [0.3, 0.4) is 0 Å². The Morgan fingerprint density at radius 1 is 1.25 bits per heavy atom. The third-order valence-electron chi connectivity index (χ3n) is 6.12. The number of sulfonamides is 1. The van der Waals surface area contributed by atoms with Crippen LogP contribution in [0.2, 0.25) is 23.2 Å². The van der Waals surface area contributed by atoms with Gasteiger partial charge in [0.1, 0.15) is 5.82 Å². The quantitative estimate of drug-likeness (QED) is 0.551. The summed E-state index contributed by atoms with van der Waals surface area (Å²) >= 11 is 5.78. The van der Waals surface area contributed by atoms with E-state index >= 15 is 0 Å². The number of nitrogens with one attached hydrogen (secondary N) is 1. The average Bonchev–Trinajstić information content (AvgIpc) is 2.94. The first kappa shape index (κ1) is 24.9. The molecule has 0 aromatic heterocycles. The monoisotopic (exact) mass is 498 g/mol. The summed E-state index contributed by atoms with van der Waals surface area (Å²) in [4.78, 5) is 13.0. The fourth-order valence-corrected chi connectivity index (χ4v) is 6.02. The van der Waals surface area contributed by atoms with E-state index in [1.54, 1.807) is 12.1 Å². The molecule has 0 unspecified atom stereocenters. The van der Waals surface area contributed by atoms with Crippen LogP contribution in [0.25, 0.3) is 0 Å². The van der Waals surface area contributed by atoms with Crippen LogP contribution in [0, 0.1) is 5.82 Å². The number of carbonyl (C=O) groups excluding carboxylic acids is 1. The maximum absolute atomic E-state index is 13.4. The van der Waals surface area contributed by atoms with Crippen LogP contribution < -0.4 is 5.32 Å². The molecular formula is C22H28ClFN2O4SSi. The van der Waals surface area contributed by atoms with Crippen molar-refractivity contribution in [2.45, 2.75) is 50.3 Å². The molecule has 1 heterocycles. The molecule has 0 atom stereocenters. The molecule has 0 saturated heterocycles. The van der Waals surface area contributed by atoms with Gasteiger partial charge in [-0.05, 0) is 48.5 Å². The minimum Gasteiger partial charge on any atom is -0.415 e. The summed E-state index contributed by atoms with van der Waals surface area (Å²) in [7, 11) is -5.73. The molecule has 0 radical (unpaired) electrons. The Bertz CT molecular complexity index is 1150. The van der Waals surface area contributed by atoms with Crippen LogP contribution >= 0.6 is 11.6 Å². The molecule has 6 nitrogen and oxygen atoms in total. The van der Waals surface area contributed by atoms with Crippen molar-refractivity contribution < 1.29 is 22.0 Å². The number of rotatable bonds is 6. The van der Waals surface area contributed by atoms with Crippen LogP contribution in [0.4, 0.5) is 10.1 Å². The van der Waals surface area contributed by atoms with Crippen molar-refractivity contribution in [2.75, 3.05) is 18.5 Å². The predicted octanol–water partition coefficient (Wildman–Crippen LogP) is 5.26. The van der Waals surface area contributed by atoms with Gasteiger partial charge in [0.25, 0.3) is 5.91 Å². The van der Waals surface area contributed by atoms with Gasteiger partial charge in [0.15, 0.2) is 8.32 Å². The van der Waals surface area contributed by atoms with Gasteiger partial charge in [-0.15, -0.1) is 0 Å². The van der Waals surface area contributed by atoms with E-state index in [-0.39, 0.29) is 33.6 Å². The fraction of sp³-hybridized carbons (Fsp3) is 0.409. The van der Waals surface area contributed by atoms with E-state index in [1.165, 1.54) is 22.5 Å². The van der Waals surface area contributed by atoms with Crippen LogP contribution in [0.5, 0.6) is 0 Å². The minimum absolute atomic E-state index is 0.0222. The smallest absolute Gasteiger partial charge is 0.256 e. The Morgan fingerprint density at radius 2 is 1.94 bits per heavy atom. The fourth-order valence-electron chi connectivity index (χ4n) is 3.17. The molecule has 0 aliphatic carbocycles. The summed E-state index contributed by atoms with van der Waals surface area (Å²) in [6.07, 6.45) is 0. The van der Waals surface area contributed by atoms with E-state index in [0.717, 1.165) is 6.07 Å². The number of nitrogens with zero attached hydrogens (tertiary/aromatic N) is 1. The van der Waals surface area contributed by atoms with Crippen molar-refractivity contribution in [1.29, 1.82) is 0 Å². The largest absolute Gasteiger partial charge is 0.415 e. The first-order chi connectivity index (χ1) is 14.7. The maximum atomic E-state index is 13.4. The molecule has 10 heteroatoms. The number of halogens is 2. The minimum atomic E-state index is -3.72. The summed E-state index contributed by atoms with van der Waals surface area (Å²) in [6, 6.07) is 8.47. The highest BCUT2D eigenvalue weighted by Crippen LogP contribution is 2.37. The zero-order valence-electron chi connectivity index (χ0n) is 18.8. The van der Waals surface area contributed by atoms with E-state index in [9.17, 15) is 17.6 Å². The lowest BCUT2D eigenvalue weighted by molar-refractivity contribution is 0.102. The second-order valence-corrected chi connectivity index (χ2v) is 16.4. The lowest BCUT2D eigenvalue weighted by Gasteiger charge is -2.36. The van der Waals surface area contributed by atoms with Gasteiger partial charge in [-0.2, -0.15) is 4.31 Å². The van der Waals surface area contributed by atoms with E-state index < -0.39 is 30.1 Å². The Labute approximate surface area is 194 Å². The molecule has 1 aliphatic heterocycles. The summed E-state index contributed by atoms with van der Waals surface area (Å²) < 4.78 is 46.9. The standard InChI is InChI=1S/C22H28ClFN2O4SSi/c1-22(2,3)32(4,5)30-12-11-26-14-17-16(7-6-8-20(17)31(26,28)29)21(27)25-15-9-10-19(24)18(23)13-15/h6-10,13H,11-12,14H2,1-5H3,(H,25,27). The van der Waals surface area contributed by atoms with Crippen molar-refractivity contribution in [2.24, 2.45) is 0 Å². The number of carbonyl (C=O) groups is 1. The van der Waals surface area contributed by atoms with Gasteiger partial charge < -0.3 is 9.74 Å². The van der Waals surface area contributed by atoms with Gasteiger partial charge in [0.05, 0.1) is 9.92 Å². The van der Waals surface area contributed by atoms with Crippen molar-refractivity contribution in [3.63, 3.8) is 0 Å². The van der Waals surface area contributed by atoms with Gasteiger partial charge in [0, 0.05) is 36.5 Å². The van der Waals surface area contributed by atoms with Crippen molar-refractivity contribution in [3.8, 4) is 0 Å². The Kier molecular flexibility index (Phi) is 6.89. The molecule has 0 bridgehead atoms. The highest BCUT2D eigenvalue weighted by atomic mass is 35.5. The van der Waals surface area contributed by atoms with Crippen molar-refractivity contribution in [1.82, 2.24) is 4.31 Å². The number of anilines is 1. The van der Waals surface area contributed by atoms with Crippen molar-refractivity contribution in [3.05, 3.63) is 58.4 Å². The number of hydrogen-bond donors (Lipinski definition) is 1. The molecule has 0 saturated carbocycles. The normalized spacial score (nSPS) is 16.1. The lowest BCUT2D eigenvalue weighted by Crippen LogP contribution is -2.42. The lowest BCUT2D eigenvalue weighted by atomic mass is 10.1. The number of hydrogen-bond acceptors (Lipinski definition) is 4. The Morgan fingerprint density at radius 3 is 2.56 bits per heavy atom. The topological polar surface area (TPSA) is 75.7 Å². The molecule has 2 aromatic rings. The molecule has 1 amide bonds. The number of fused-ring (bicyclic) bond motifs is 1. The van der Waals surface area contributed by atoms with Crippen LogP contribution in [-0.2, 0) is 21.0 Å². The zero-order chi connectivity index (χ0) is 23.9. The van der Waals surface area contributed by atoms with E-state index in [0.29, 0.717) is 17.9 Å². The molecule has 3 rings (SSSR count). The molecule has 32 heavy (non-hydrogen) atoms. The van der Waals surface area contributed by atoms with E-state index in [4.69, 9.17) is 16.0 Å². The van der Waals surface area contributed by atoms with Gasteiger partial charge in [0.2, 0.25) is 10.0 Å². The number of benzene rings is 2. The third-order valence-corrected chi connectivity index (χ3v) is 12.9. The molecule has 174 valence electrons. The van der Waals surface area contributed by atoms with E-state index in [2.05, 4.69) is 39.2 Å². The first-order valence-corrected chi connectivity index (χ1v) is 15.0. The molecule has 1 aliphatic rings. The van der Waals surface area contributed by atoms with Crippen molar-refractivity contribution >= 4 is 41.5 Å². The van der Waals surface area contributed by atoms with Crippen LogP contribution in [-0.4, -0.2) is 40.1 Å². The first-order valence-electron chi connectivity index (χ1n) is 10.3. The summed E-state index contributed by atoms with van der Waals surface area (Å²) in [5.74, 6) is -1.08. The van der Waals surface area contributed by atoms with Gasteiger partial charge >= 0.3 is 0 Å². The third kappa shape index (κ3) is 4.91. The Balaban J connectivity index is 1.78. The number of amides is 1. The molecule has 1 N–H and O–H groups in total. The summed E-state index contributed by atoms with van der Waals surface area (Å²) in [5.41, 5.74) is 1.00. The predicted molar refractivity (Wildman–Crippen MR) is 127 cm³/mol. The highest BCUT2D eigenvalue weighted by Gasteiger charge is 2.39. The van der Waals surface area contributed by atoms with Gasteiger partial charge in [-0.25, -0.2) is 12.8 Å².